The van der Waals surface area contributed by atoms with Gasteiger partial charge in [0.25, 0.3) is 0 Å². The number of hydrogen-bond acceptors (Lipinski definition) is 2. The van der Waals surface area contributed by atoms with Gasteiger partial charge in [-0.3, -0.25) is 0 Å². The SMILES string of the molecule is Nc1ccc(N2CC=CC2)cc1Br. The number of benzene rings is 1. The molecule has 1 aromatic carbocycles. The number of rotatable bonds is 1. The maximum atomic E-state index is 5.71. The van der Waals surface area contributed by atoms with Gasteiger partial charge in [-0.25, -0.2) is 0 Å². The molecule has 3 heteroatoms. The molecule has 0 aliphatic carbocycles. The van der Waals surface area contributed by atoms with Crippen LogP contribution >= 0.6 is 15.9 Å². The van der Waals surface area contributed by atoms with E-state index in [-0.39, 0.29) is 0 Å². The van der Waals surface area contributed by atoms with Gasteiger partial charge in [0.15, 0.2) is 0 Å². The molecule has 0 amide bonds. The second-order valence-corrected chi connectivity index (χ2v) is 3.94. The summed E-state index contributed by atoms with van der Waals surface area (Å²) in [4.78, 5) is 2.28. The Morgan fingerprint density at radius 3 is 2.54 bits per heavy atom. The Labute approximate surface area is 86.2 Å². The minimum Gasteiger partial charge on any atom is -0.398 e. The Hall–Kier alpha value is -0.960. The van der Waals surface area contributed by atoms with Crippen molar-refractivity contribution < 1.29 is 0 Å². The van der Waals surface area contributed by atoms with E-state index < -0.39 is 0 Å². The molecule has 0 radical (unpaired) electrons. The molecule has 1 aliphatic rings. The van der Waals surface area contributed by atoms with Crippen molar-refractivity contribution in [1.29, 1.82) is 0 Å². The van der Waals surface area contributed by atoms with Crippen LogP contribution < -0.4 is 10.6 Å². The summed E-state index contributed by atoms with van der Waals surface area (Å²) in [5.74, 6) is 0. The van der Waals surface area contributed by atoms with Crippen LogP contribution in [0.15, 0.2) is 34.8 Å². The first-order valence-electron chi connectivity index (χ1n) is 4.22. The van der Waals surface area contributed by atoms with Gasteiger partial charge in [-0.15, -0.1) is 0 Å². The average Bonchev–Trinajstić information content (AvgIpc) is 2.62. The Balaban J connectivity index is 2.26. The number of hydrogen-bond donors (Lipinski definition) is 1. The third kappa shape index (κ3) is 1.70. The van der Waals surface area contributed by atoms with Crippen LogP contribution in [-0.2, 0) is 0 Å². The van der Waals surface area contributed by atoms with Crippen molar-refractivity contribution in [1.82, 2.24) is 0 Å². The van der Waals surface area contributed by atoms with Crippen LogP contribution in [0.25, 0.3) is 0 Å². The van der Waals surface area contributed by atoms with Crippen molar-refractivity contribution in [2.24, 2.45) is 0 Å². The predicted octanol–water partition coefficient (Wildman–Crippen LogP) is 2.41. The fraction of sp³-hybridized carbons (Fsp3) is 0.200. The normalized spacial score (nSPS) is 15.3. The third-order valence-electron chi connectivity index (χ3n) is 2.17. The molecule has 0 bridgehead atoms. The number of halogens is 1. The number of anilines is 2. The standard InChI is InChI=1S/C10H11BrN2/c11-9-7-8(3-4-10(9)12)13-5-1-2-6-13/h1-4,7H,5-6,12H2. The Morgan fingerprint density at radius 1 is 1.23 bits per heavy atom. The summed E-state index contributed by atoms with van der Waals surface area (Å²) in [6.07, 6.45) is 4.34. The Kier molecular flexibility index (Phi) is 2.27. The van der Waals surface area contributed by atoms with Gasteiger partial charge in [0.1, 0.15) is 0 Å². The molecule has 0 spiro atoms. The molecule has 0 saturated heterocycles. The third-order valence-corrected chi connectivity index (χ3v) is 2.85. The summed E-state index contributed by atoms with van der Waals surface area (Å²) < 4.78 is 0.969. The van der Waals surface area contributed by atoms with Crippen LogP contribution in [0.4, 0.5) is 11.4 Å². The Bertz CT molecular complexity index is 339. The first-order valence-corrected chi connectivity index (χ1v) is 5.01. The molecular weight excluding hydrogens is 228 g/mol. The van der Waals surface area contributed by atoms with Gasteiger partial charge in [0.05, 0.1) is 0 Å². The van der Waals surface area contributed by atoms with Crippen LogP contribution in [0.2, 0.25) is 0 Å². The largest absolute Gasteiger partial charge is 0.398 e. The van der Waals surface area contributed by atoms with Crippen molar-refractivity contribution in [3.8, 4) is 0 Å². The highest BCUT2D eigenvalue weighted by molar-refractivity contribution is 9.10. The van der Waals surface area contributed by atoms with Crippen molar-refractivity contribution in [3.63, 3.8) is 0 Å². The zero-order valence-electron chi connectivity index (χ0n) is 7.20. The van der Waals surface area contributed by atoms with Crippen molar-refractivity contribution >= 4 is 27.3 Å². The van der Waals surface area contributed by atoms with Crippen LogP contribution in [0, 0.1) is 0 Å². The van der Waals surface area contributed by atoms with E-state index >= 15 is 0 Å². The van der Waals surface area contributed by atoms with E-state index in [1.165, 1.54) is 5.69 Å². The lowest BCUT2D eigenvalue weighted by Crippen LogP contribution is -2.18. The molecule has 2 N–H and O–H groups in total. The molecule has 13 heavy (non-hydrogen) atoms. The minimum atomic E-state index is 0.788. The van der Waals surface area contributed by atoms with Crippen LogP contribution in [-0.4, -0.2) is 13.1 Å². The predicted molar refractivity (Wildman–Crippen MR) is 59.9 cm³/mol. The number of nitrogens with zero attached hydrogens (tertiary/aromatic N) is 1. The molecule has 1 heterocycles. The second kappa shape index (κ2) is 3.42. The summed E-state index contributed by atoms with van der Waals surface area (Å²) in [6, 6.07) is 6.03. The highest BCUT2D eigenvalue weighted by atomic mass is 79.9. The van der Waals surface area contributed by atoms with Gasteiger partial charge in [-0.05, 0) is 34.1 Å². The summed E-state index contributed by atoms with van der Waals surface area (Å²) in [5.41, 5.74) is 7.71. The van der Waals surface area contributed by atoms with E-state index in [1.54, 1.807) is 0 Å². The van der Waals surface area contributed by atoms with Gasteiger partial charge in [-0.1, -0.05) is 12.2 Å². The van der Waals surface area contributed by atoms with E-state index in [4.69, 9.17) is 5.73 Å². The molecular formula is C10H11BrN2. The van der Waals surface area contributed by atoms with Crippen molar-refractivity contribution in [3.05, 3.63) is 34.8 Å². The van der Waals surface area contributed by atoms with E-state index in [0.29, 0.717) is 0 Å². The maximum Gasteiger partial charge on any atom is 0.0460 e. The first kappa shape index (κ1) is 8.63. The number of nitrogen functional groups attached to an aromatic ring is 1. The van der Waals surface area contributed by atoms with E-state index in [2.05, 4.69) is 39.0 Å². The molecule has 1 aliphatic heterocycles. The molecule has 0 fully saturated rings. The molecule has 2 rings (SSSR count). The molecule has 68 valence electrons. The lowest BCUT2D eigenvalue weighted by Gasteiger charge is -2.18. The van der Waals surface area contributed by atoms with E-state index in [1.807, 2.05) is 12.1 Å². The first-order chi connectivity index (χ1) is 6.27. The van der Waals surface area contributed by atoms with E-state index in [0.717, 1.165) is 23.2 Å². The topological polar surface area (TPSA) is 29.3 Å². The zero-order valence-corrected chi connectivity index (χ0v) is 8.79. The van der Waals surface area contributed by atoms with Gasteiger partial charge in [0.2, 0.25) is 0 Å². The summed E-state index contributed by atoms with van der Waals surface area (Å²) in [5, 5.41) is 0. The molecule has 1 aromatic rings. The van der Waals surface area contributed by atoms with Crippen LogP contribution in [0.3, 0.4) is 0 Å². The van der Waals surface area contributed by atoms with E-state index in [9.17, 15) is 0 Å². The van der Waals surface area contributed by atoms with Gasteiger partial charge in [-0.2, -0.15) is 0 Å². The lowest BCUT2D eigenvalue weighted by atomic mass is 10.2. The van der Waals surface area contributed by atoms with Gasteiger partial charge in [0, 0.05) is 28.9 Å². The van der Waals surface area contributed by atoms with Crippen LogP contribution in [0.5, 0.6) is 0 Å². The molecule has 2 nitrogen and oxygen atoms in total. The van der Waals surface area contributed by atoms with Crippen molar-refractivity contribution in [2.75, 3.05) is 23.7 Å². The summed E-state index contributed by atoms with van der Waals surface area (Å²) in [6.45, 7) is 1.99. The van der Waals surface area contributed by atoms with Crippen molar-refractivity contribution in [2.45, 2.75) is 0 Å². The average molecular weight is 239 g/mol. The zero-order chi connectivity index (χ0) is 9.26. The lowest BCUT2D eigenvalue weighted by molar-refractivity contribution is 1.01. The smallest absolute Gasteiger partial charge is 0.0460 e. The monoisotopic (exact) mass is 238 g/mol. The highest BCUT2D eigenvalue weighted by Crippen LogP contribution is 2.26. The molecule has 0 unspecified atom stereocenters. The van der Waals surface area contributed by atoms with Gasteiger partial charge >= 0.3 is 0 Å². The van der Waals surface area contributed by atoms with Crippen LogP contribution in [0.1, 0.15) is 0 Å². The number of nitrogens with two attached hydrogens (primary N) is 1. The molecule has 0 aromatic heterocycles. The summed E-state index contributed by atoms with van der Waals surface area (Å²) in [7, 11) is 0. The molecule has 0 saturated carbocycles. The van der Waals surface area contributed by atoms with Gasteiger partial charge < -0.3 is 10.6 Å². The minimum absolute atomic E-state index is 0.788. The fourth-order valence-corrected chi connectivity index (χ4v) is 1.77. The highest BCUT2D eigenvalue weighted by Gasteiger charge is 2.08. The quantitative estimate of drug-likeness (QED) is 0.602. The second-order valence-electron chi connectivity index (χ2n) is 3.08. The Morgan fingerprint density at radius 2 is 1.92 bits per heavy atom. The molecule has 0 atom stereocenters. The maximum absolute atomic E-state index is 5.71. The fourth-order valence-electron chi connectivity index (χ4n) is 1.40. The summed E-state index contributed by atoms with van der Waals surface area (Å²) >= 11 is 3.42.